The third kappa shape index (κ3) is 5.38. The minimum absolute atomic E-state index is 0.0276. The molecule has 10 aromatic rings. The molecule has 4 aliphatic rings. The van der Waals surface area contributed by atoms with Gasteiger partial charge in [-0.3, -0.25) is 4.98 Å². The van der Waals surface area contributed by atoms with E-state index in [2.05, 4.69) is 224 Å². The first kappa shape index (κ1) is 41.5. The van der Waals surface area contributed by atoms with Crippen molar-refractivity contribution in [1.82, 2.24) is 4.98 Å². The van der Waals surface area contributed by atoms with Crippen molar-refractivity contribution >= 4 is 39.0 Å². The minimum atomic E-state index is -0.330. The van der Waals surface area contributed by atoms with Crippen molar-refractivity contribution in [2.45, 2.75) is 90.4 Å². The van der Waals surface area contributed by atoms with Gasteiger partial charge in [-0.05, 0) is 173 Å². The number of aromatic nitrogens is 1. The molecular formula is C67H56N2O. The Kier molecular flexibility index (Phi) is 8.21. The maximum Gasteiger partial charge on any atom is 0.144 e. The van der Waals surface area contributed by atoms with Gasteiger partial charge in [-0.2, -0.15) is 0 Å². The number of benzene rings is 8. The molecule has 0 atom stereocenters. The lowest BCUT2D eigenvalue weighted by atomic mass is 9.72. The second-order valence-corrected chi connectivity index (χ2v) is 23.1. The fourth-order valence-electron chi connectivity index (χ4n) is 13.6. The molecule has 0 spiro atoms. The molecule has 0 saturated heterocycles. The van der Waals surface area contributed by atoms with Crippen LogP contribution in [-0.4, -0.2) is 4.98 Å². The highest BCUT2D eigenvalue weighted by Gasteiger charge is 2.49. The van der Waals surface area contributed by atoms with E-state index in [4.69, 9.17) is 4.42 Å². The zero-order valence-electron chi connectivity index (χ0n) is 41.6. The lowest BCUT2D eigenvalue weighted by Crippen LogP contribution is -2.24. The second kappa shape index (κ2) is 13.9. The van der Waals surface area contributed by atoms with Gasteiger partial charge in [0.2, 0.25) is 0 Å². The van der Waals surface area contributed by atoms with Crippen molar-refractivity contribution in [2.75, 3.05) is 4.90 Å². The van der Waals surface area contributed by atoms with E-state index in [0.717, 1.165) is 34.6 Å². The Balaban J connectivity index is 0.982. The maximum atomic E-state index is 7.06. The van der Waals surface area contributed by atoms with Crippen LogP contribution in [-0.2, 0) is 28.1 Å². The summed E-state index contributed by atoms with van der Waals surface area (Å²) < 4.78 is 7.06. The Morgan fingerprint density at radius 2 is 1.07 bits per heavy atom. The van der Waals surface area contributed by atoms with Crippen molar-refractivity contribution in [2.24, 2.45) is 0 Å². The lowest BCUT2D eigenvalue weighted by molar-refractivity contribution is 0.590. The van der Waals surface area contributed by atoms with Gasteiger partial charge in [-0.15, -0.1) is 0 Å². The van der Waals surface area contributed by atoms with Crippen molar-refractivity contribution in [3.05, 3.63) is 214 Å². The maximum absolute atomic E-state index is 7.06. The molecule has 70 heavy (non-hydrogen) atoms. The van der Waals surface area contributed by atoms with Crippen LogP contribution in [0.4, 0.5) is 17.1 Å². The van der Waals surface area contributed by atoms with E-state index >= 15 is 0 Å². The van der Waals surface area contributed by atoms with Crippen LogP contribution in [0.25, 0.3) is 77.6 Å². The van der Waals surface area contributed by atoms with Crippen LogP contribution in [0.2, 0.25) is 0 Å². The van der Waals surface area contributed by atoms with Crippen molar-refractivity contribution in [3.8, 4) is 55.6 Å². The van der Waals surface area contributed by atoms with Crippen molar-refractivity contribution < 1.29 is 4.42 Å². The van der Waals surface area contributed by atoms with Crippen LogP contribution in [0.15, 0.2) is 168 Å². The number of rotatable bonds is 4. The molecule has 2 heterocycles. The van der Waals surface area contributed by atoms with Crippen LogP contribution in [0.5, 0.6) is 0 Å². The zero-order chi connectivity index (χ0) is 47.8. The molecule has 0 unspecified atom stereocenters. The Hall–Kier alpha value is -7.49. The van der Waals surface area contributed by atoms with Gasteiger partial charge in [-0.1, -0.05) is 153 Å². The van der Waals surface area contributed by atoms with Crippen LogP contribution in [0, 0.1) is 0 Å². The van der Waals surface area contributed by atoms with Gasteiger partial charge in [0.15, 0.2) is 0 Å². The van der Waals surface area contributed by atoms with E-state index < -0.39 is 0 Å². The fourth-order valence-corrected chi connectivity index (χ4v) is 13.6. The summed E-state index contributed by atoms with van der Waals surface area (Å²) in [6, 6.07) is 57.5. The average molecular weight is 905 g/mol. The molecule has 0 radical (unpaired) electrons. The summed E-state index contributed by atoms with van der Waals surface area (Å²) in [7, 11) is 0. The Bertz CT molecular complexity index is 3910. The lowest BCUT2D eigenvalue weighted by Gasteiger charge is -2.32. The standard InChI is InChI=1S/C67H56N2O/c1-64(2,3)40-22-24-41(25-23-40)69(42-26-28-46-52(35-42)65(4,5)54-37-49(38-30-32-68-33-31-38)50-34-39-16-10-11-17-44(39)56(50)57(46)54)43-27-29-47-53(36-43)67(8,9)62-60(47)63-59(48-19-13-15-21-55(48)70-63)58-45-18-12-14-20-51(45)66(6,7)61(58)62/h10-33,35-37H,34H2,1-9H3. The number of para-hydroxylation sites is 1. The van der Waals surface area contributed by atoms with Crippen LogP contribution >= 0.6 is 0 Å². The number of furan rings is 1. The van der Waals surface area contributed by atoms with E-state index in [1.54, 1.807) is 0 Å². The van der Waals surface area contributed by atoms with E-state index in [9.17, 15) is 0 Å². The first-order valence-electron chi connectivity index (χ1n) is 25.2. The van der Waals surface area contributed by atoms with Crippen molar-refractivity contribution in [1.29, 1.82) is 0 Å². The number of hydrogen-bond acceptors (Lipinski definition) is 3. The van der Waals surface area contributed by atoms with E-state index in [1.807, 2.05) is 12.4 Å². The Morgan fingerprint density at radius 3 is 1.80 bits per heavy atom. The Morgan fingerprint density at radius 1 is 0.486 bits per heavy atom. The topological polar surface area (TPSA) is 29.3 Å². The molecule has 0 aliphatic heterocycles. The summed E-state index contributed by atoms with van der Waals surface area (Å²) in [6.07, 6.45) is 4.78. The largest absolute Gasteiger partial charge is 0.455 e. The molecule has 340 valence electrons. The normalized spacial score (nSPS) is 15.8. The summed E-state index contributed by atoms with van der Waals surface area (Å²) >= 11 is 0. The molecule has 8 aromatic carbocycles. The molecule has 2 aromatic heterocycles. The zero-order valence-corrected chi connectivity index (χ0v) is 41.6. The second-order valence-electron chi connectivity index (χ2n) is 23.1. The molecule has 0 fully saturated rings. The third-order valence-electron chi connectivity index (χ3n) is 17.1. The molecule has 0 amide bonds. The molecular weight excluding hydrogens is 849 g/mol. The summed E-state index contributed by atoms with van der Waals surface area (Å²) in [5, 5.41) is 2.42. The van der Waals surface area contributed by atoms with Gasteiger partial charge in [-0.25, -0.2) is 0 Å². The SMILES string of the molecule is CC(C)(C)c1ccc(N(c2ccc3c(c2)C(C)(C)c2cc(-c4ccncc4)c4c(c2-3)-c2ccccc2C4)c2ccc3c(c2)C(C)(C)c2c4c(c5c(oc6ccccc65)c2-3)-c2ccccc2C4(C)C)cc1. The summed E-state index contributed by atoms with van der Waals surface area (Å²) in [6.45, 7) is 21.5. The number of fused-ring (bicyclic) bond motifs is 19. The molecule has 4 aliphatic carbocycles. The van der Waals surface area contributed by atoms with Gasteiger partial charge in [0.1, 0.15) is 11.2 Å². The van der Waals surface area contributed by atoms with E-state index in [-0.39, 0.29) is 21.7 Å². The number of pyridine rings is 1. The van der Waals surface area contributed by atoms with Gasteiger partial charge >= 0.3 is 0 Å². The van der Waals surface area contributed by atoms with Crippen LogP contribution in [0.1, 0.15) is 112 Å². The van der Waals surface area contributed by atoms with E-state index in [0.29, 0.717) is 0 Å². The van der Waals surface area contributed by atoms with Gasteiger partial charge in [0, 0.05) is 62.0 Å². The predicted octanol–water partition coefficient (Wildman–Crippen LogP) is 17.9. The quantitative estimate of drug-likeness (QED) is 0.176. The highest BCUT2D eigenvalue weighted by Crippen LogP contribution is 2.64. The van der Waals surface area contributed by atoms with Crippen LogP contribution < -0.4 is 4.90 Å². The molecule has 0 N–H and O–H groups in total. The van der Waals surface area contributed by atoms with Crippen molar-refractivity contribution in [3.63, 3.8) is 0 Å². The Labute approximate surface area is 411 Å². The fraction of sp³-hybridized carbons (Fsp3) is 0.209. The van der Waals surface area contributed by atoms with Crippen LogP contribution in [0.3, 0.4) is 0 Å². The number of anilines is 3. The number of nitrogens with zero attached hydrogens (tertiary/aromatic N) is 2. The first-order valence-corrected chi connectivity index (χ1v) is 25.2. The summed E-state index contributed by atoms with van der Waals surface area (Å²) in [4.78, 5) is 6.91. The third-order valence-corrected chi connectivity index (χ3v) is 17.1. The first-order chi connectivity index (χ1) is 33.6. The van der Waals surface area contributed by atoms with Gasteiger partial charge in [0.05, 0.1) is 0 Å². The van der Waals surface area contributed by atoms with E-state index in [1.165, 1.54) is 116 Å². The predicted molar refractivity (Wildman–Crippen MR) is 291 cm³/mol. The smallest absolute Gasteiger partial charge is 0.144 e. The van der Waals surface area contributed by atoms with Gasteiger partial charge < -0.3 is 9.32 Å². The number of hydrogen-bond donors (Lipinski definition) is 0. The minimum Gasteiger partial charge on any atom is -0.455 e. The highest BCUT2D eigenvalue weighted by molar-refractivity contribution is 6.21. The monoisotopic (exact) mass is 904 g/mol. The highest BCUT2D eigenvalue weighted by atomic mass is 16.3. The summed E-state index contributed by atoms with van der Waals surface area (Å²) in [5.41, 5.74) is 30.2. The average Bonchev–Trinajstić information content (AvgIpc) is 4.11. The molecule has 0 saturated carbocycles. The molecule has 0 bridgehead atoms. The van der Waals surface area contributed by atoms with Gasteiger partial charge in [0.25, 0.3) is 0 Å². The molecule has 14 rings (SSSR count). The molecule has 3 heteroatoms. The molecule has 3 nitrogen and oxygen atoms in total. The summed E-state index contributed by atoms with van der Waals surface area (Å²) in [5.74, 6) is 0.